The third-order valence-corrected chi connectivity index (χ3v) is 5.64. The Kier molecular flexibility index (Phi) is 2.50. The lowest BCUT2D eigenvalue weighted by Crippen LogP contribution is -2.09. The summed E-state index contributed by atoms with van der Waals surface area (Å²) in [5.74, 6) is 1.32. The van der Waals surface area contributed by atoms with Crippen molar-refractivity contribution in [3.8, 4) is 0 Å². The van der Waals surface area contributed by atoms with E-state index in [0.717, 1.165) is 5.88 Å². The zero-order valence-electron chi connectivity index (χ0n) is 11.2. The third kappa shape index (κ3) is 1.39. The van der Waals surface area contributed by atoms with Crippen LogP contribution < -0.4 is 0 Å². The highest BCUT2D eigenvalue weighted by Crippen LogP contribution is 2.69. The molecule has 2 aromatic rings. The molecule has 0 aromatic heterocycles. The number of hydrogen-bond acceptors (Lipinski definition) is 0. The normalized spacial score (nSPS) is 29.4. The zero-order chi connectivity index (χ0) is 13.0. The fraction of sp³-hybridized carbons (Fsp3) is 0.412. The molecular formula is C17H19Cl. The second kappa shape index (κ2) is 3.74. The van der Waals surface area contributed by atoms with E-state index in [4.69, 9.17) is 11.6 Å². The number of rotatable bonds is 2. The van der Waals surface area contributed by atoms with Gasteiger partial charge in [-0.3, -0.25) is 0 Å². The van der Waals surface area contributed by atoms with Gasteiger partial charge in [0.2, 0.25) is 0 Å². The van der Waals surface area contributed by atoms with Gasteiger partial charge in [-0.25, -0.2) is 0 Å². The molecule has 0 spiro atoms. The Morgan fingerprint density at radius 2 is 1.67 bits per heavy atom. The van der Waals surface area contributed by atoms with Crippen LogP contribution in [-0.2, 0) is 5.41 Å². The van der Waals surface area contributed by atoms with Crippen molar-refractivity contribution in [2.75, 3.05) is 5.88 Å². The van der Waals surface area contributed by atoms with E-state index in [0.29, 0.717) is 11.3 Å². The summed E-state index contributed by atoms with van der Waals surface area (Å²) in [5, 5.41) is 2.64. The van der Waals surface area contributed by atoms with Crippen molar-refractivity contribution in [3.63, 3.8) is 0 Å². The average molecular weight is 259 g/mol. The molecule has 2 aromatic carbocycles. The van der Waals surface area contributed by atoms with Crippen molar-refractivity contribution in [1.82, 2.24) is 0 Å². The molecular weight excluding hydrogens is 240 g/mol. The highest BCUT2D eigenvalue weighted by Gasteiger charge is 2.67. The van der Waals surface area contributed by atoms with E-state index in [1.807, 2.05) is 0 Å². The number of halogens is 1. The van der Waals surface area contributed by atoms with Crippen molar-refractivity contribution in [1.29, 1.82) is 0 Å². The van der Waals surface area contributed by atoms with Gasteiger partial charge in [-0.05, 0) is 27.7 Å². The fourth-order valence-corrected chi connectivity index (χ4v) is 4.23. The molecule has 18 heavy (non-hydrogen) atoms. The lowest BCUT2D eigenvalue weighted by atomic mass is 9.88. The molecule has 2 atom stereocenters. The SMILES string of the molecule is CC1(C)C(CCl)C1(C)c1ccc2ccccc2c1. The minimum absolute atomic E-state index is 0.221. The van der Waals surface area contributed by atoms with E-state index in [-0.39, 0.29) is 5.41 Å². The second-order valence-corrected chi connectivity index (χ2v) is 6.50. The highest BCUT2D eigenvalue weighted by atomic mass is 35.5. The summed E-state index contributed by atoms with van der Waals surface area (Å²) in [6.45, 7) is 7.01. The minimum Gasteiger partial charge on any atom is -0.126 e. The summed E-state index contributed by atoms with van der Waals surface area (Å²) in [6, 6.07) is 15.4. The first-order chi connectivity index (χ1) is 8.51. The smallest absolute Gasteiger partial charge is 0.0265 e. The van der Waals surface area contributed by atoms with Crippen LogP contribution >= 0.6 is 11.6 Å². The van der Waals surface area contributed by atoms with Crippen molar-refractivity contribution in [2.45, 2.75) is 26.2 Å². The molecule has 0 nitrogen and oxygen atoms in total. The van der Waals surface area contributed by atoms with E-state index in [1.165, 1.54) is 16.3 Å². The molecule has 1 aliphatic rings. The zero-order valence-corrected chi connectivity index (χ0v) is 12.0. The molecule has 0 bridgehead atoms. The van der Waals surface area contributed by atoms with Crippen LogP contribution in [0.4, 0.5) is 0 Å². The van der Waals surface area contributed by atoms with E-state index in [2.05, 4.69) is 63.2 Å². The Labute approximate surface area is 114 Å². The monoisotopic (exact) mass is 258 g/mol. The topological polar surface area (TPSA) is 0 Å². The van der Waals surface area contributed by atoms with E-state index in [1.54, 1.807) is 0 Å². The van der Waals surface area contributed by atoms with Crippen molar-refractivity contribution >= 4 is 22.4 Å². The molecule has 94 valence electrons. The maximum atomic E-state index is 6.14. The lowest BCUT2D eigenvalue weighted by molar-refractivity contribution is 0.522. The van der Waals surface area contributed by atoms with E-state index < -0.39 is 0 Å². The summed E-state index contributed by atoms with van der Waals surface area (Å²) in [5.41, 5.74) is 1.95. The predicted octanol–water partition coefficient (Wildman–Crippen LogP) is 4.99. The van der Waals surface area contributed by atoms with Crippen LogP contribution in [0.3, 0.4) is 0 Å². The van der Waals surface area contributed by atoms with Gasteiger partial charge in [0.1, 0.15) is 0 Å². The van der Waals surface area contributed by atoms with Crippen molar-refractivity contribution in [2.24, 2.45) is 11.3 Å². The van der Waals surface area contributed by atoms with Gasteiger partial charge in [0.05, 0.1) is 0 Å². The van der Waals surface area contributed by atoms with Crippen LogP contribution in [-0.4, -0.2) is 5.88 Å². The molecule has 1 heteroatoms. The molecule has 1 fully saturated rings. The maximum absolute atomic E-state index is 6.14. The Morgan fingerprint density at radius 3 is 2.28 bits per heavy atom. The van der Waals surface area contributed by atoms with Gasteiger partial charge in [-0.2, -0.15) is 0 Å². The molecule has 0 aliphatic heterocycles. The first kappa shape index (κ1) is 12.0. The molecule has 3 rings (SSSR count). The second-order valence-electron chi connectivity index (χ2n) is 6.19. The summed E-state index contributed by atoms with van der Waals surface area (Å²) >= 11 is 6.14. The van der Waals surface area contributed by atoms with Gasteiger partial charge >= 0.3 is 0 Å². The lowest BCUT2D eigenvalue weighted by Gasteiger charge is -2.16. The molecule has 0 saturated heterocycles. The molecule has 0 heterocycles. The number of alkyl halides is 1. The van der Waals surface area contributed by atoms with Crippen LogP contribution in [0.25, 0.3) is 10.8 Å². The predicted molar refractivity (Wildman–Crippen MR) is 79.3 cm³/mol. The van der Waals surface area contributed by atoms with Gasteiger partial charge in [-0.15, -0.1) is 11.6 Å². The minimum atomic E-state index is 0.221. The van der Waals surface area contributed by atoms with Crippen LogP contribution in [0.5, 0.6) is 0 Å². The Morgan fingerprint density at radius 1 is 1.00 bits per heavy atom. The Balaban J connectivity index is 2.11. The molecule has 0 amide bonds. The average Bonchev–Trinajstić information content (AvgIpc) is 2.83. The quantitative estimate of drug-likeness (QED) is 0.666. The highest BCUT2D eigenvalue weighted by molar-refractivity contribution is 6.18. The third-order valence-electron chi connectivity index (χ3n) is 5.33. The van der Waals surface area contributed by atoms with Crippen LogP contribution in [0.1, 0.15) is 26.3 Å². The van der Waals surface area contributed by atoms with Crippen LogP contribution in [0.15, 0.2) is 42.5 Å². The van der Waals surface area contributed by atoms with Gasteiger partial charge in [0.15, 0.2) is 0 Å². The first-order valence-electron chi connectivity index (χ1n) is 6.57. The first-order valence-corrected chi connectivity index (χ1v) is 7.10. The largest absolute Gasteiger partial charge is 0.126 e. The van der Waals surface area contributed by atoms with Crippen molar-refractivity contribution < 1.29 is 0 Å². The number of hydrogen-bond donors (Lipinski definition) is 0. The summed E-state index contributed by atoms with van der Waals surface area (Å²) in [6.07, 6.45) is 0. The molecule has 1 aliphatic carbocycles. The molecule has 0 N–H and O–H groups in total. The standard InChI is InChI=1S/C17H19Cl/c1-16(2)15(11-18)17(16,3)14-9-8-12-6-4-5-7-13(12)10-14/h4-10,15H,11H2,1-3H3. The summed E-state index contributed by atoms with van der Waals surface area (Å²) in [7, 11) is 0. The summed E-state index contributed by atoms with van der Waals surface area (Å²) < 4.78 is 0. The fourth-order valence-electron chi connectivity index (χ4n) is 3.53. The van der Waals surface area contributed by atoms with Crippen LogP contribution in [0.2, 0.25) is 0 Å². The van der Waals surface area contributed by atoms with E-state index in [9.17, 15) is 0 Å². The van der Waals surface area contributed by atoms with Gasteiger partial charge in [-0.1, -0.05) is 63.2 Å². The summed E-state index contributed by atoms with van der Waals surface area (Å²) in [4.78, 5) is 0. The van der Waals surface area contributed by atoms with Gasteiger partial charge in [0.25, 0.3) is 0 Å². The number of benzene rings is 2. The van der Waals surface area contributed by atoms with Crippen molar-refractivity contribution in [3.05, 3.63) is 48.0 Å². The number of fused-ring (bicyclic) bond motifs is 1. The maximum Gasteiger partial charge on any atom is 0.0265 e. The van der Waals surface area contributed by atoms with Crippen LogP contribution in [0, 0.1) is 11.3 Å². The molecule has 0 radical (unpaired) electrons. The molecule has 1 saturated carbocycles. The Bertz CT molecular complexity index is 599. The van der Waals surface area contributed by atoms with E-state index >= 15 is 0 Å². The Hall–Kier alpha value is -1.01. The molecule has 2 unspecified atom stereocenters. The van der Waals surface area contributed by atoms with Gasteiger partial charge in [0, 0.05) is 11.3 Å². The van der Waals surface area contributed by atoms with Gasteiger partial charge < -0.3 is 0 Å².